The van der Waals surface area contributed by atoms with E-state index in [4.69, 9.17) is 4.42 Å². The Morgan fingerprint density at radius 1 is 1.22 bits per heavy atom. The molecule has 1 aromatic heterocycles. The number of carbonyl (C=O) groups is 1. The summed E-state index contributed by atoms with van der Waals surface area (Å²) in [7, 11) is 0. The van der Waals surface area contributed by atoms with Gasteiger partial charge in [-0.05, 0) is 26.0 Å². The minimum atomic E-state index is -0.148. The summed E-state index contributed by atoms with van der Waals surface area (Å²) in [6.45, 7) is 5.77. The number of aryl methyl sites for hydroxylation is 2. The molecule has 1 amide bonds. The van der Waals surface area contributed by atoms with E-state index in [1.54, 1.807) is 6.92 Å². The van der Waals surface area contributed by atoms with Crippen LogP contribution in [0.3, 0.4) is 0 Å². The fourth-order valence-electron chi connectivity index (χ4n) is 1.70. The number of anilines is 1. The van der Waals surface area contributed by atoms with Crippen molar-refractivity contribution in [3.8, 4) is 11.5 Å². The monoisotopic (exact) mass is 245 g/mol. The second kappa shape index (κ2) is 5.00. The van der Waals surface area contributed by atoms with Crippen molar-refractivity contribution < 1.29 is 9.21 Å². The zero-order chi connectivity index (χ0) is 13.1. The molecule has 0 fully saturated rings. The lowest BCUT2D eigenvalue weighted by atomic mass is 10.1. The topological polar surface area (TPSA) is 68.0 Å². The van der Waals surface area contributed by atoms with Gasteiger partial charge < -0.3 is 4.42 Å². The molecule has 0 aliphatic carbocycles. The molecule has 0 aliphatic rings. The van der Waals surface area contributed by atoms with Crippen LogP contribution in [0, 0.1) is 13.8 Å². The van der Waals surface area contributed by atoms with Crippen LogP contribution in [0.4, 0.5) is 6.01 Å². The van der Waals surface area contributed by atoms with E-state index in [1.165, 1.54) is 0 Å². The van der Waals surface area contributed by atoms with Crippen molar-refractivity contribution in [2.45, 2.75) is 27.2 Å². The minimum Gasteiger partial charge on any atom is -0.403 e. The first kappa shape index (κ1) is 12.3. The van der Waals surface area contributed by atoms with E-state index in [-0.39, 0.29) is 11.9 Å². The van der Waals surface area contributed by atoms with E-state index in [1.807, 2.05) is 26.0 Å². The van der Waals surface area contributed by atoms with Crippen LogP contribution in [0.15, 0.2) is 22.6 Å². The van der Waals surface area contributed by atoms with E-state index in [0.29, 0.717) is 12.3 Å². The molecule has 0 bridgehead atoms. The Balaban J connectivity index is 2.26. The average Bonchev–Trinajstić information content (AvgIpc) is 2.76. The summed E-state index contributed by atoms with van der Waals surface area (Å²) in [6.07, 6.45) is 0.376. The molecule has 0 saturated heterocycles. The van der Waals surface area contributed by atoms with Crippen molar-refractivity contribution in [1.82, 2.24) is 10.2 Å². The number of rotatable bonds is 3. The van der Waals surface area contributed by atoms with E-state index in [9.17, 15) is 4.79 Å². The van der Waals surface area contributed by atoms with Crippen molar-refractivity contribution in [2.24, 2.45) is 0 Å². The van der Waals surface area contributed by atoms with Gasteiger partial charge in [0, 0.05) is 12.0 Å². The maximum atomic E-state index is 11.2. The van der Waals surface area contributed by atoms with Crippen LogP contribution in [0.25, 0.3) is 11.5 Å². The number of hydrogen-bond donors (Lipinski definition) is 1. The van der Waals surface area contributed by atoms with E-state index >= 15 is 0 Å². The number of amides is 1. The van der Waals surface area contributed by atoms with Gasteiger partial charge in [-0.25, -0.2) is 0 Å². The predicted molar refractivity (Wildman–Crippen MR) is 68.1 cm³/mol. The summed E-state index contributed by atoms with van der Waals surface area (Å²) < 4.78 is 5.40. The lowest BCUT2D eigenvalue weighted by molar-refractivity contribution is -0.116. The number of nitrogens with one attached hydrogen (secondary N) is 1. The highest BCUT2D eigenvalue weighted by atomic mass is 16.4. The van der Waals surface area contributed by atoms with Crippen molar-refractivity contribution in [3.05, 3.63) is 29.3 Å². The Hall–Kier alpha value is -2.17. The Bertz CT molecular complexity index is 555. The second-order valence-corrected chi connectivity index (χ2v) is 4.19. The van der Waals surface area contributed by atoms with Gasteiger partial charge in [0.05, 0.1) is 0 Å². The highest BCUT2D eigenvalue weighted by molar-refractivity contribution is 5.88. The molecule has 94 valence electrons. The Labute approximate surface area is 105 Å². The molecule has 0 spiro atoms. The van der Waals surface area contributed by atoms with Crippen molar-refractivity contribution >= 4 is 11.9 Å². The number of carbonyl (C=O) groups excluding carboxylic acids is 1. The summed E-state index contributed by atoms with van der Waals surface area (Å²) in [5.41, 5.74) is 3.11. The SMILES string of the molecule is CCC(=O)Nc1nnc(-c2cc(C)cc(C)c2)o1. The maximum Gasteiger partial charge on any atom is 0.322 e. The molecule has 1 heterocycles. The van der Waals surface area contributed by atoms with Crippen LogP contribution >= 0.6 is 0 Å². The molecule has 5 nitrogen and oxygen atoms in total. The quantitative estimate of drug-likeness (QED) is 0.902. The van der Waals surface area contributed by atoms with E-state index in [2.05, 4.69) is 21.6 Å². The molecule has 2 rings (SSSR count). The molecule has 0 radical (unpaired) electrons. The van der Waals surface area contributed by atoms with Crippen molar-refractivity contribution in [1.29, 1.82) is 0 Å². The maximum absolute atomic E-state index is 11.2. The normalized spacial score (nSPS) is 10.4. The lowest BCUT2D eigenvalue weighted by Crippen LogP contribution is -2.09. The highest BCUT2D eigenvalue weighted by Crippen LogP contribution is 2.22. The fraction of sp³-hybridized carbons (Fsp3) is 0.308. The first-order chi connectivity index (χ1) is 8.58. The molecule has 18 heavy (non-hydrogen) atoms. The summed E-state index contributed by atoms with van der Waals surface area (Å²) in [6, 6.07) is 6.13. The summed E-state index contributed by atoms with van der Waals surface area (Å²) in [5.74, 6) is 0.263. The molecule has 2 aromatic rings. The molecule has 1 N–H and O–H groups in total. The Morgan fingerprint density at radius 3 is 2.50 bits per heavy atom. The molecule has 0 saturated carbocycles. The van der Waals surface area contributed by atoms with Gasteiger partial charge in [-0.2, -0.15) is 0 Å². The fourth-order valence-corrected chi connectivity index (χ4v) is 1.70. The summed E-state index contributed by atoms with van der Waals surface area (Å²) in [4.78, 5) is 11.2. The van der Waals surface area contributed by atoms with Crippen molar-refractivity contribution in [2.75, 3.05) is 5.32 Å². The number of aromatic nitrogens is 2. The third-order valence-corrected chi connectivity index (χ3v) is 2.46. The lowest BCUT2D eigenvalue weighted by Gasteiger charge is -2.00. The smallest absolute Gasteiger partial charge is 0.322 e. The Kier molecular flexibility index (Phi) is 3.41. The number of nitrogens with zero attached hydrogens (tertiary/aromatic N) is 2. The average molecular weight is 245 g/mol. The predicted octanol–water partition coefficient (Wildman–Crippen LogP) is 2.70. The van der Waals surface area contributed by atoms with Gasteiger partial charge in [-0.3, -0.25) is 10.1 Å². The zero-order valence-electron chi connectivity index (χ0n) is 10.7. The van der Waals surface area contributed by atoms with E-state index in [0.717, 1.165) is 16.7 Å². The molecular weight excluding hydrogens is 230 g/mol. The van der Waals surface area contributed by atoms with Gasteiger partial charge in [0.2, 0.25) is 11.8 Å². The third kappa shape index (κ3) is 2.74. The van der Waals surface area contributed by atoms with Gasteiger partial charge in [0.1, 0.15) is 0 Å². The zero-order valence-corrected chi connectivity index (χ0v) is 10.7. The largest absolute Gasteiger partial charge is 0.403 e. The van der Waals surface area contributed by atoms with Crippen LogP contribution < -0.4 is 5.32 Å². The van der Waals surface area contributed by atoms with Gasteiger partial charge in [-0.15, -0.1) is 5.10 Å². The van der Waals surface area contributed by atoms with Gasteiger partial charge in [0.25, 0.3) is 0 Å². The van der Waals surface area contributed by atoms with Crippen molar-refractivity contribution in [3.63, 3.8) is 0 Å². The Morgan fingerprint density at radius 2 is 1.89 bits per heavy atom. The number of hydrogen-bond acceptors (Lipinski definition) is 4. The van der Waals surface area contributed by atoms with E-state index < -0.39 is 0 Å². The van der Waals surface area contributed by atoms with Gasteiger partial charge in [0.15, 0.2) is 0 Å². The second-order valence-electron chi connectivity index (χ2n) is 4.19. The highest BCUT2D eigenvalue weighted by Gasteiger charge is 2.10. The molecule has 0 aliphatic heterocycles. The third-order valence-electron chi connectivity index (χ3n) is 2.46. The first-order valence-electron chi connectivity index (χ1n) is 5.80. The summed E-state index contributed by atoms with van der Waals surface area (Å²) in [5, 5.41) is 10.2. The molecule has 1 aromatic carbocycles. The standard InChI is InChI=1S/C13H15N3O2/c1-4-11(17)14-13-16-15-12(18-13)10-6-8(2)5-9(3)7-10/h5-7H,4H2,1-3H3,(H,14,16,17). The minimum absolute atomic E-state index is 0.135. The van der Waals surface area contributed by atoms with Crippen LogP contribution in [0.5, 0.6) is 0 Å². The molecular formula is C13H15N3O2. The molecule has 5 heteroatoms. The van der Waals surface area contributed by atoms with Crippen LogP contribution in [0.1, 0.15) is 24.5 Å². The summed E-state index contributed by atoms with van der Waals surface area (Å²) >= 11 is 0. The van der Waals surface area contributed by atoms with Crippen LogP contribution in [-0.4, -0.2) is 16.1 Å². The van der Waals surface area contributed by atoms with Crippen LogP contribution in [0.2, 0.25) is 0 Å². The van der Waals surface area contributed by atoms with Crippen LogP contribution in [-0.2, 0) is 4.79 Å². The number of benzene rings is 1. The molecule has 0 atom stereocenters. The molecule has 0 unspecified atom stereocenters. The van der Waals surface area contributed by atoms with Gasteiger partial charge in [-0.1, -0.05) is 29.2 Å². The van der Waals surface area contributed by atoms with Gasteiger partial charge >= 0.3 is 6.01 Å². The first-order valence-corrected chi connectivity index (χ1v) is 5.80.